The van der Waals surface area contributed by atoms with E-state index < -0.39 is 31.4 Å². The molecule has 7 rings (SSSR count). The fourth-order valence-corrected chi connectivity index (χ4v) is 13.1. The molecule has 0 amide bonds. The van der Waals surface area contributed by atoms with Crippen molar-refractivity contribution in [2.75, 3.05) is 0 Å². The second-order valence-electron chi connectivity index (χ2n) is 10.5. The summed E-state index contributed by atoms with van der Waals surface area (Å²) in [5.41, 5.74) is 1.94. The van der Waals surface area contributed by atoms with E-state index in [9.17, 15) is 0 Å². The van der Waals surface area contributed by atoms with Crippen molar-refractivity contribution in [2.24, 2.45) is 0 Å². The Morgan fingerprint density at radius 3 is 0.975 bits per heavy atom. The second-order valence-corrected chi connectivity index (χ2v) is 16.5. The maximum atomic E-state index is 7.40. The van der Waals surface area contributed by atoms with Crippen LogP contribution in [-0.4, -0.2) is 31.4 Å². The van der Waals surface area contributed by atoms with Crippen LogP contribution < -0.4 is 10.9 Å². The lowest BCUT2D eigenvalue weighted by atomic mass is 9.80. The van der Waals surface area contributed by atoms with Gasteiger partial charge in [-0.3, -0.25) is 0 Å². The molecule has 1 heterocycles. The molecule has 0 N–H and O–H groups in total. The van der Waals surface area contributed by atoms with E-state index in [4.69, 9.17) is 17.4 Å². The predicted octanol–water partition coefficient (Wildman–Crippen LogP) is 5.44. The molecule has 5 aliphatic rings. The van der Waals surface area contributed by atoms with Gasteiger partial charge in [0, 0.05) is 0 Å². The molecule has 1 fully saturated rings. The van der Waals surface area contributed by atoms with Gasteiger partial charge in [-0.1, -0.05) is 134 Å². The van der Waals surface area contributed by atoms with Crippen LogP contribution in [0.5, 0.6) is 0 Å². The summed E-state index contributed by atoms with van der Waals surface area (Å²) in [4.78, 5) is 0. The Labute approximate surface area is 239 Å². The summed E-state index contributed by atoms with van der Waals surface area (Å²) in [5, 5.41) is 4.70. The van der Waals surface area contributed by atoms with Crippen LogP contribution in [-0.2, 0) is 17.4 Å². The van der Waals surface area contributed by atoms with Gasteiger partial charge in [-0.2, -0.15) is 0 Å². The number of hydrogen-bond acceptors (Lipinski definition) is 4. The summed E-state index contributed by atoms with van der Waals surface area (Å²) in [6.07, 6.45) is 29.0. The van der Waals surface area contributed by atoms with E-state index in [1.807, 2.05) is 36.4 Å². The van der Waals surface area contributed by atoms with Gasteiger partial charge >= 0.3 is 31.4 Å². The molecule has 1 saturated heterocycles. The molecule has 0 atom stereocenters. The van der Waals surface area contributed by atoms with Crippen molar-refractivity contribution >= 4 is 42.3 Å². The molecule has 2 aromatic carbocycles. The molecule has 0 bridgehead atoms. The van der Waals surface area contributed by atoms with Gasteiger partial charge in [0.15, 0.2) is 0 Å². The lowest BCUT2D eigenvalue weighted by Gasteiger charge is -2.46. The van der Waals surface area contributed by atoms with Gasteiger partial charge in [0.2, 0.25) is 0 Å². The standard InChI is InChI=1S/C32H30B2O4Si2/c1-3-15-27(16-4-1)33-35-39(29-19-7-8-20-29,30-21-9-10-22-30)37-34(28-17-5-2-6-18-28)38-40(36-33,31-23-11-12-24-31)32-25-13-14-26-32/h1-19,21,23,25H,20,22,24,26H2. The Morgan fingerprint density at radius 2 is 0.725 bits per heavy atom. The molecule has 4 nitrogen and oxygen atoms in total. The average molecular weight is 556 g/mol. The van der Waals surface area contributed by atoms with Gasteiger partial charge in [0.1, 0.15) is 0 Å². The number of allylic oxidation sites excluding steroid dienone is 16. The van der Waals surface area contributed by atoms with Gasteiger partial charge in [-0.15, -0.1) is 0 Å². The Kier molecular flexibility index (Phi) is 7.05. The van der Waals surface area contributed by atoms with Crippen LogP contribution >= 0.6 is 0 Å². The number of rotatable bonds is 6. The highest BCUT2D eigenvalue weighted by atomic mass is 28.4. The van der Waals surface area contributed by atoms with Gasteiger partial charge in [0.25, 0.3) is 0 Å². The SMILES string of the molecule is C1=CCC([Si]2(C3=CC=CC3)OB(c3ccccc3)O[Si](C3=CC=CC3)(C3=CC=CC3)OB(c3ccccc3)O2)=C1. The van der Waals surface area contributed by atoms with E-state index >= 15 is 0 Å². The molecule has 4 aliphatic carbocycles. The minimum atomic E-state index is -3.23. The molecule has 8 heteroatoms. The molecule has 40 heavy (non-hydrogen) atoms. The molecule has 196 valence electrons. The van der Waals surface area contributed by atoms with E-state index in [1.165, 1.54) is 20.8 Å². The largest absolute Gasteiger partial charge is 0.476 e. The molecular weight excluding hydrogens is 526 g/mol. The zero-order valence-electron chi connectivity index (χ0n) is 22.3. The highest BCUT2D eigenvalue weighted by Crippen LogP contribution is 2.42. The molecule has 0 spiro atoms. The van der Waals surface area contributed by atoms with Crippen LogP contribution in [0.1, 0.15) is 25.7 Å². The van der Waals surface area contributed by atoms with Crippen molar-refractivity contribution in [3.05, 3.63) is 154 Å². The van der Waals surface area contributed by atoms with E-state index in [0.29, 0.717) is 0 Å². The van der Waals surface area contributed by atoms with Crippen LogP contribution in [0.4, 0.5) is 0 Å². The predicted molar refractivity (Wildman–Crippen MR) is 167 cm³/mol. The summed E-state index contributed by atoms with van der Waals surface area (Å²) in [5.74, 6) is 0. The summed E-state index contributed by atoms with van der Waals surface area (Å²) < 4.78 is 29.6. The van der Waals surface area contributed by atoms with Crippen LogP contribution in [0.2, 0.25) is 0 Å². The highest BCUT2D eigenvalue weighted by Gasteiger charge is 2.60. The van der Waals surface area contributed by atoms with Crippen LogP contribution in [0.3, 0.4) is 0 Å². The highest BCUT2D eigenvalue weighted by molar-refractivity contribution is 6.99. The van der Waals surface area contributed by atoms with E-state index in [2.05, 4.69) is 97.2 Å². The normalized spacial score (nSPS) is 22.7. The fourth-order valence-electron chi connectivity index (χ4n) is 5.98. The minimum Gasteiger partial charge on any atom is -0.423 e. The van der Waals surface area contributed by atoms with E-state index in [-0.39, 0.29) is 0 Å². The first kappa shape index (κ1) is 25.7. The summed E-state index contributed by atoms with van der Waals surface area (Å²) in [7, 11) is -7.77. The molecule has 0 unspecified atom stereocenters. The third-order valence-corrected chi connectivity index (χ3v) is 15.1. The quantitative estimate of drug-likeness (QED) is 0.444. The Bertz CT molecular complexity index is 1330. The molecule has 2 aromatic rings. The maximum Gasteiger partial charge on any atom is 0.476 e. The molecule has 0 radical (unpaired) electrons. The third kappa shape index (κ3) is 4.61. The van der Waals surface area contributed by atoms with E-state index in [1.54, 1.807) is 0 Å². The third-order valence-electron chi connectivity index (χ3n) is 8.01. The van der Waals surface area contributed by atoms with Crippen molar-refractivity contribution in [1.29, 1.82) is 0 Å². The fraction of sp³-hybridized carbons (Fsp3) is 0.125. The molecule has 1 aliphatic heterocycles. The van der Waals surface area contributed by atoms with Crippen molar-refractivity contribution in [3.63, 3.8) is 0 Å². The first-order chi connectivity index (χ1) is 19.8. The Morgan fingerprint density at radius 1 is 0.425 bits per heavy atom. The van der Waals surface area contributed by atoms with Crippen LogP contribution in [0.25, 0.3) is 0 Å². The van der Waals surface area contributed by atoms with E-state index in [0.717, 1.165) is 36.6 Å². The molecular formula is C32H30B2O4Si2. The van der Waals surface area contributed by atoms with Crippen LogP contribution in [0, 0.1) is 0 Å². The number of benzene rings is 2. The first-order valence-corrected chi connectivity index (χ1v) is 17.7. The lowest BCUT2D eigenvalue weighted by molar-refractivity contribution is 0.275. The van der Waals surface area contributed by atoms with Crippen molar-refractivity contribution in [3.8, 4) is 0 Å². The molecule has 0 aromatic heterocycles. The Balaban J connectivity index is 1.43. The van der Waals surface area contributed by atoms with Crippen molar-refractivity contribution in [1.82, 2.24) is 0 Å². The summed E-state index contributed by atoms with van der Waals surface area (Å²) >= 11 is 0. The molecule has 0 saturated carbocycles. The zero-order valence-corrected chi connectivity index (χ0v) is 24.3. The minimum absolute atomic E-state index is 0.651. The smallest absolute Gasteiger partial charge is 0.423 e. The summed E-state index contributed by atoms with van der Waals surface area (Å²) in [6.45, 7) is 0. The van der Waals surface area contributed by atoms with Gasteiger partial charge < -0.3 is 17.4 Å². The lowest BCUT2D eigenvalue weighted by Crippen LogP contribution is -2.68. The van der Waals surface area contributed by atoms with Crippen molar-refractivity contribution in [2.45, 2.75) is 25.7 Å². The average Bonchev–Trinajstić information content (AvgIpc) is 3.83. The second kappa shape index (κ2) is 11.0. The number of hydrogen-bond donors (Lipinski definition) is 0. The zero-order chi connectivity index (χ0) is 26.8. The van der Waals surface area contributed by atoms with Crippen LogP contribution in [0.15, 0.2) is 154 Å². The summed E-state index contributed by atoms with van der Waals surface area (Å²) in [6, 6.07) is 20.6. The van der Waals surface area contributed by atoms with Gasteiger partial charge in [0.05, 0.1) is 0 Å². The monoisotopic (exact) mass is 556 g/mol. The first-order valence-electron chi connectivity index (χ1n) is 14.0. The maximum absolute atomic E-state index is 7.40. The van der Waals surface area contributed by atoms with Crippen molar-refractivity contribution < 1.29 is 17.4 Å². The van der Waals surface area contributed by atoms with Gasteiger partial charge in [-0.25, -0.2) is 0 Å². The Hall–Kier alpha value is -3.24. The topological polar surface area (TPSA) is 36.9 Å². The van der Waals surface area contributed by atoms with Gasteiger partial charge in [-0.05, 0) is 57.4 Å².